The van der Waals surface area contributed by atoms with Crippen molar-refractivity contribution in [3.05, 3.63) is 29.3 Å². The predicted octanol–water partition coefficient (Wildman–Crippen LogP) is 3.56. The Morgan fingerprint density at radius 1 is 1.30 bits per heavy atom. The van der Waals surface area contributed by atoms with Crippen molar-refractivity contribution in [3.63, 3.8) is 0 Å². The van der Waals surface area contributed by atoms with Crippen LogP contribution in [0, 0.1) is 5.92 Å². The Labute approximate surface area is 142 Å². The number of carbonyl (C=O) groups excluding carboxylic acids is 2. The van der Waals surface area contributed by atoms with Gasteiger partial charge in [-0.05, 0) is 51.0 Å². The Bertz CT molecular complexity index is 559. The van der Waals surface area contributed by atoms with Gasteiger partial charge in [0, 0.05) is 29.8 Å². The smallest absolute Gasteiger partial charge is 0.409 e. The van der Waals surface area contributed by atoms with E-state index in [0.29, 0.717) is 18.1 Å². The van der Waals surface area contributed by atoms with Crippen LogP contribution in [-0.4, -0.2) is 43.1 Å². The van der Waals surface area contributed by atoms with Gasteiger partial charge >= 0.3 is 6.09 Å². The Kier molecular flexibility index (Phi) is 5.88. The van der Waals surface area contributed by atoms with Crippen LogP contribution in [0.1, 0.15) is 26.7 Å². The summed E-state index contributed by atoms with van der Waals surface area (Å²) >= 11 is 5.93. The minimum Gasteiger partial charge on any atom is -0.453 e. The zero-order chi connectivity index (χ0) is 17.0. The van der Waals surface area contributed by atoms with Crippen LogP contribution in [0.25, 0.3) is 0 Å². The van der Waals surface area contributed by atoms with Crippen LogP contribution < -0.4 is 4.90 Å². The number of rotatable bonds is 3. The van der Waals surface area contributed by atoms with Gasteiger partial charge in [0.05, 0.1) is 13.0 Å². The van der Waals surface area contributed by atoms with E-state index < -0.39 is 0 Å². The van der Waals surface area contributed by atoms with Crippen LogP contribution in [0.4, 0.5) is 10.5 Å². The molecule has 1 fully saturated rings. The van der Waals surface area contributed by atoms with E-state index in [2.05, 4.69) is 0 Å². The first kappa shape index (κ1) is 17.6. The van der Waals surface area contributed by atoms with Crippen molar-refractivity contribution >= 4 is 29.3 Å². The zero-order valence-electron chi connectivity index (χ0n) is 13.8. The molecule has 1 saturated heterocycles. The Hall–Kier alpha value is -1.75. The number of carbonyl (C=O) groups is 2. The molecule has 2 rings (SSSR count). The summed E-state index contributed by atoms with van der Waals surface area (Å²) in [5, 5.41) is 0.638. The van der Waals surface area contributed by atoms with Crippen LogP contribution in [0.3, 0.4) is 0 Å². The van der Waals surface area contributed by atoms with Gasteiger partial charge in [-0.25, -0.2) is 4.79 Å². The number of likely N-dealkylation sites (tertiary alicyclic amines) is 1. The number of ether oxygens (including phenoxy) is 1. The number of halogens is 1. The SMILES string of the molecule is COC(=O)N1CCCC(C(=O)N(c2ccc(Cl)cc2)C(C)C)C1. The summed E-state index contributed by atoms with van der Waals surface area (Å²) in [6.07, 6.45) is 1.21. The molecule has 0 N–H and O–H groups in total. The molecule has 0 spiro atoms. The molecule has 5 nitrogen and oxygen atoms in total. The lowest BCUT2D eigenvalue weighted by Gasteiger charge is -2.36. The molecule has 0 radical (unpaired) electrons. The van der Waals surface area contributed by atoms with E-state index in [1.54, 1.807) is 21.9 Å². The highest BCUT2D eigenvalue weighted by atomic mass is 35.5. The van der Waals surface area contributed by atoms with Gasteiger partial charge in [-0.3, -0.25) is 4.79 Å². The summed E-state index contributed by atoms with van der Waals surface area (Å²) in [7, 11) is 1.36. The first-order valence-electron chi connectivity index (χ1n) is 7.85. The van der Waals surface area contributed by atoms with Crippen LogP contribution in [0.2, 0.25) is 5.02 Å². The third-order valence-electron chi connectivity index (χ3n) is 4.06. The van der Waals surface area contributed by atoms with Crippen molar-refractivity contribution in [1.82, 2.24) is 4.90 Å². The highest BCUT2D eigenvalue weighted by Crippen LogP contribution is 2.26. The Morgan fingerprint density at radius 2 is 1.96 bits per heavy atom. The predicted molar refractivity (Wildman–Crippen MR) is 90.8 cm³/mol. The van der Waals surface area contributed by atoms with Crippen LogP contribution in [0.15, 0.2) is 24.3 Å². The molecule has 1 aliphatic rings. The number of hydrogen-bond acceptors (Lipinski definition) is 3. The van der Waals surface area contributed by atoms with E-state index in [4.69, 9.17) is 16.3 Å². The monoisotopic (exact) mass is 338 g/mol. The van der Waals surface area contributed by atoms with Crippen molar-refractivity contribution in [2.75, 3.05) is 25.1 Å². The van der Waals surface area contributed by atoms with Crippen LogP contribution >= 0.6 is 11.6 Å². The number of piperidine rings is 1. The highest BCUT2D eigenvalue weighted by Gasteiger charge is 2.33. The number of amides is 2. The number of benzene rings is 1. The first-order chi connectivity index (χ1) is 10.9. The second-order valence-electron chi connectivity index (χ2n) is 6.03. The van der Waals surface area contributed by atoms with Gasteiger partial charge in [-0.15, -0.1) is 0 Å². The molecular weight excluding hydrogens is 316 g/mol. The van der Waals surface area contributed by atoms with Gasteiger partial charge < -0.3 is 14.5 Å². The standard InChI is InChI=1S/C17H23ClN2O3/c1-12(2)20(15-8-6-14(18)7-9-15)16(21)13-5-4-10-19(11-13)17(22)23-3/h6-9,12-13H,4-5,10-11H2,1-3H3. The summed E-state index contributed by atoms with van der Waals surface area (Å²) in [5.74, 6) is -0.170. The molecule has 2 amide bonds. The zero-order valence-corrected chi connectivity index (χ0v) is 14.5. The Balaban J connectivity index is 2.17. The molecule has 1 aliphatic heterocycles. The summed E-state index contributed by atoms with van der Waals surface area (Å²) in [5.41, 5.74) is 0.824. The summed E-state index contributed by atoms with van der Waals surface area (Å²) in [4.78, 5) is 28.1. The lowest BCUT2D eigenvalue weighted by atomic mass is 9.96. The van der Waals surface area contributed by atoms with E-state index in [1.807, 2.05) is 26.0 Å². The van der Waals surface area contributed by atoms with Crippen LogP contribution in [0.5, 0.6) is 0 Å². The fourth-order valence-electron chi connectivity index (χ4n) is 2.95. The minimum atomic E-state index is -0.370. The number of nitrogens with zero attached hydrogens (tertiary/aromatic N) is 2. The average molecular weight is 339 g/mol. The molecule has 1 unspecified atom stereocenters. The topological polar surface area (TPSA) is 49.9 Å². The maximum atomic E-state index is 13.0. The van der Waals surface area contributed by atoms with E-state index in [9.17, 15) is 9.59 Å². The molecule has 0 saturated carbocycles. The number of methoxy groups -OCH3 is 1. The molecule has 1 aromatic rings. The van der Waals surface area contributed by atoms with Crippen molar-refractivity contribution in [1.29, 1.82) is 0 Å². The van der Waals surface area contributed by atoms with E-state index in [-0.39, 0.29) is 24.0 Å². The average Bonchev–Trinajstić information content (AvgIpc) is 2.55. The maximum Gasteiger partial charge on any atom is 0.409 e. The lowest BCUT2D eigenvalue weighted by molar-refractivity contribution is -0.124. The van der Waals surface area contributed by atoms with Gasteiger partial charge in [0.1, 0.15) is 0 Å². The molecule has 23 heavy (non-hydrogen) atoms. The summed E-state index contributed by atoms with van der Waals surface area (Å²) < 4.78 is 4.77. The molecular formula is C17H23ClN2O3. The normalized spacial score (nSPS) is 18.0. The quantitative estimate of drug-likeness (QED) is 0.846. The fraction of sp³-hybridized carbons (Fsp3) is 0.529. The second kappa shape index (κ2) is 7.68. The minimum absolute atomic E-state index is 0.0252. The molecule has 1 heterocycles. The molecule has 1 aromatic carbocycles. The maximum absolute atomic E-state index is 13.0. The summed E-state index contributed by atoms with van der Waals surface area (Å²) in [6.45, 7) is 5.00. The largest absolute Gasteiger partial charge is 0.453 e. The van der Waals surface area contributed by atoms with Crippen molar-refractivity contribution in [2.45, 2.75) is 32.7 Å². The highest BCUT2D eigenvalue weighted by molar-refractivity contribution is 6.30. The lowest BCUT2D eigenvalue weighted by Crippen LogP contribution is -2.48. The Morgan fingerprint density at radius 3 is 2.52 bits per heavy atom. The second-order valence-corrected chi connectivity index (χ2v) is 6.47. The molecule has 126 valence electrons. The number of anilines is 1. The molecule has 0 bridgehead atoms. The fourth-order valence-corrected chi connectivity index (χ4v) is 3.08. The van der Waals surface area contributed by atoms with Crippen LogP contribution in [-0.2, 0) is 9.53 Å². The van der Waals surface area contributed by atoms with E-state index >= 15 is 0 Å². The van der Waals surface area contributed by atoms with Gasteiger partial charge in [-0.1, -0.05) is 11.6 Å². The van der Waals surface area contributed by atoms with Crippen molar-refractivity contribution in [2.24, 2.45) is 5.92 Å². The third kappa shape index (κ3) is 4.16. The molecule has 6 heteroatoms. The van der Waals surface area contributed by atoms with Gasteiger partial charge in [0.15, 0.2) is 0 Å². The van der Waals surface area contributed by atoms with Gasteiger partial charge in [0.25, 0.3) is 0 Å². The summed E-state index contributed by atoms with van der Waals surface area (Å²) in [6, 6.07) is 7.28. The van der Waals surface area contributed by atoms with E-state index in [0.717, 1.165) is 18.5 Å². The molecule has 0 aromatic heterocycles. The van der Waals surface area contributed by atoms with Gasteiger partial charge in [0.2, 0.25) is 5.91 Å². The molecule has 0 aliphatic carbocycles. The first-order valence-corrected chi connectivity index (χ1v) is 8.23. The van der Waals surface area contributed by atoms with Crippen molar-refractivity contribution in [3.8, 4) is 0 Å². The third-order valence-corrected chi connectivity index (χ3v) is 4.31. The molecule has 1 atom stereocenters. The van der Waals surface area contributed by atoms with E-state index in [1.165, 1.54) is 7.11 Å². The van der Waals surface area contributed by atoms with Crippen molar-refractivity contribution < 1.29 is 14.3 Å². The number of hydrogen-bond donors (Lipinski definition) is 0. The van der Waals surface area contributed by atoms with Gasteiger partial charge in [-0.2, -0.15) is 0 Å².